The Kier molecular flexibility index (Phi) is 4.69. The third-order valence-corrected chi connectivity index (χ3v) is 3.60. The summed E-state index contributed by atoms with van der Waals surface area (Å²) in [5, 5.41) is 0. The predicted molar refractivity (Wildman–Crippen MR) is 89.2 cm³/mol. The predicted octanol–water partition coefficient (Wildman–Crippen LogP) is 4.59. The van der Waals surface area contributed by atoms with Crippen molar-refractivity contribution in [1.82, 2.24) is 0 Å². The SMILES string of the molecule is Cc1cc(CCN)ccc1Oc1cccc(C(C)(C)C)c1. The molecule has 0 aliphatic heterocycles. The standard InChI is InChI=1S/C19H25NO/c1-14-12-15(10-11-20)8-9-18(14)21-17-7-5-6-16(13-17)19(2,3)4/h5-9,12-13H,10-11,20H2,1-4H3. The molecule has 0 atom stereocenters. The summed E-state index contributed by atoms with van der Waals surface area (Å²) in [4.78, 5) is 0. The first-order chi connectivity index (χ1) is 9.90. The Labute approximate surface area is 127 Å². The average Bonchev–Trinajstić information content (AvgIpc) is 2.42. The molecule has 112 valence electrons. The van der Waals surface area contributed by atoms with Gasteiger partial charge in [0.2, 0.25) is 0 Å². The molecular weight excluding hydrogens is 258 g/mol. The molecular formula is C19H25NO. The van der Waals surface area contributed by atoms with Crippen LogP contribution in [0.3, 0.4) is 0 Å². The maximum atomic E-state index is 6.05. The van der Waals surface area contributed by atoms with Crippen molar-refractivity contribution < 1.29 is 4.74 Å². The summed E-state index contributed by atoms with van der Waals surface area (Å²) >= 11 is 0. The van der Waals surface area contributed by atoms with Crippen LogP contribution in [0.1, 0.15) is 37.5 Å². The lowest BCUT2D eigenvalue weighted by Crippen LogP contribution is -2.10. The first-order valence-corrected chi connectivity index (χ1v) is 7.48. The Hall–Kier alpha value is -1.80. The van der Waals surface area contributed by atoms with Crippen LogP contribution in [0.4, 0.5) is 0 Å². The summed E-state index contributed by atoms with van der Waals surface area (Å²) in [5.41, 5.74) is 9.39. The summed E-state index contributed by atoms with van der Waals surface area (Å²) in [6, 6.07) is 14.6. The minimum atomic E-state index is 0.124. The van der Waals surface area contributed by atoms with Crippen molar-refractivity contribution in [2.45, 2.75) is 39.5 Å². The van der Waals surface area contributed by atoms with Gasteiger partial charge in [-0.2, -0.15) is 0 Å². The van der Waals surface area contributed by atoms with Crippen LogP contribution in [0.15, 0.2) is 42.5 Å². The monoisotopic (exact) mass is 283 g/mol. The molecule has 0 heterocycles. The van der Waals surface area contributed by atoms with Gasteiger partial charge in [-0.05, 0) is 60.2 Å². The lowest BCUT2D eigenvalue weighted by atomic mass is 9.87. The molecule has 0 bridgehead atoms. The molecule has 0 radical (unpaired) electrons. The molecule has 0 saturated heterocycles. The summed E-state index contributed by atoms with van der Waals surface area (Å²) in [5.74, 6) is 1.79. The zero-order valence-electron chi connectivity index (χ0n) is 13.4. The van der Waals surface area contributed by atoms with Crippen LogP contribution in [0.2, 0.25) is 0 Å². The maximum Gasteiger partial charge on any atom is 0.130 e. The van der Waals surface area contributed by atoms with E-state index in [2.05, 4.69) is 52.0 Å². The molecule has 0 amide bonds. The largest absolute Gasteiger partial charge is 0.457 e. The Bertz CT molecular complexity index is 611. The fraction of sp³-hybridized carbons (Fsp3) is 0.368. The Morgan fingerprint density at radius 2 is 1.81 bits per heavy atom. The van der Waals surface area contributed by atoms with Gasteiger partial charge in [0.05, 0.1) is 0 Å². The molecule has 2 aromatic carbocycles. The summed E-state index contributed by atoms with van der Waals surface area (Å²) in [6.45, 7) is 9.37. The van der Waals surface area contributed by atoms with E-state index in [4.69, 9.17) is 10.5 Å². The first kappa shape index (κ1) is 15.6. The minimum Gasteiger partial charge on any atom is -0.457 e. The van der Waals surface area contributed by atoms with Crippen LogP contribution in [0.25, 0.3) is 0 Å². The highest BCUT2D eigenvalue weighted by Crippen LogP contribution is 2.30. The molecule has 2 aromatic rings. The Morgan fingerprint density at radius 1 is 1.05 bits per heavy atom. The van der Waals surface area contributed by atoms with Crippen molar-refractivity contribution in [3.63, 3.8) is 0 Å². The molecule has 0 aliphatic rings. The molecule has 0 aromatic heterocycles. The molecule has 0 spiro atoms. The topological polar surface area (TPSA) is 35.2 Å². The third kappa shape index (κ3) is 4.08. The zero-order valence-corrected chi connectivity index (χ0v) is 13.4. The van der Waals surface area contributed by atoms with E-state index < -0.39 is 0 Å². The van der Waals surface area contributed by atoms with Crippen molar-refractivity contribution >= 4 is 0 Å². The van der Waals surface area contributed by atoms with Crippen LogP contribution in [0, 0.1) is 6.92 Å². The highest BCUT2D eigenvalue weighted by molar-refractivity contribution is 5.41. The molecule has 21 heavy (non-hydrogen) atoms. The lowest BCUT2D eigenvalue weighted by Gasteiger charge is -2.20. The van der Waals surface area contributed by atoms with Crippen molar-refractivity contribution in [2.24, 2.45) is 5.73 Å². The van der Waals surface area contributed by atoms with Gasteiger partial charge in [0.25, 0.3) is 0 Å². The normalized spacial score (nSPS) is 11.5. The molecule has 0 unspecified atom stereocenters. The van der Waals surface area contributed by atoms with Gasteiger partial charge in [0, 0.05) is 0 Å². The molecule has 2 nitrogen and oxygen atoms in total. The summed E-state index contributed by atoms with van der Waals surface area (Å²) in [7, 11) is 0. The molecule has 0 saturated carbocycles. The van der Waals surface area contributed by atoms with Crippen LogP contribution in [-0.2, 0) is 11.8 Å². The second-order valence-electron chi connectivity index (χ2n) is 6.52. The van der Waals surface area contributed by atoms with Crippen LogP contribution >= 0.6 is 0 Å². The average molecular weight is 283 g/mol. The maximum absolute atomic E-state index is 6.05. The van der Waals surface area contributed by atoms with Crippen molar-refractivity contribution in [3.8, 4) is 11.5 Å². The van der Waals surface area contributed by atoms with Crippen molar-refractivity contribution in [3.05, 3.63) is 59.2 Å². The second kappa shape index (κ2) is 6.31. The van der Waals surface area contributed by atoms with Gasteiger partial charge in [-0.15, -0.1) is 0 Å². The van der Waals surface area contributed by atoms with E-state index in [1.165, 1.54) is 11.1 Å². The van der Waals surface area contributed by atoms with Gasteiger partial charge in [-0.25, -0.2) is 0 Å². The Balaban J connectivity index is 2.22. The molecule has 2 N–H and O–H groups in total. The van der Waals surface area contributed by atoms with E-state index in [9.17, 15) is 0 Å². The van der Waals surface area contributed by atoms with E-state index >= 15 is 0 Å². The third-order valence-electron chi connectivity index (χ3n) is 3.60. The van der Waals surface area contributed by atoms with Gasteiger partial charge in [-0.1, -0.05) is 45.0 Å². The van der Waals surface area contributed by atoms with E-state index in [1.807, 2.05) is 18.2 Å². The van der Waals surface area contributed by atoms with Gasteiger partial charge < -0.3 is 10.5 Å². The summed E-state index contributed by atoms with van der Waals surface area (Å²) < 4.78 is 6.05. The quantitative estimate of drug-likeness (QED) is 0.891. The number of nitrogens with two attached hydrogens (primary N) is 1. The number of hydrogen-bond acceptors (Lipinski definition) is 2. The van der Waals surface area contributed by atoms with E-state index in [0.29, 0.717) is 6.54 Å². The first-order valence-electron chi connectivity index (χ1n) is 7.48. The van der Waals surface area contributed by atoms with E-state index in [-0.39, 0.29) is 5.41 Å². The highest BCUT2D eigenvalue weighted by Gasteiger charge is 2.14. The van der Waals surface area contributed by atoms with Gasteiger partial charge in [0.1, 0.15) is 11.5 Å². The molecule has 2 rings (SSSR count). The van der Waals surface area contributed by atoms with Crippen LogP contribution in [0.5, 0.6) is 11.5 Å². The Morgan fingerprint density at radius 3 is 2.43 bits per heavy atom. The van der Waals surface area contributed by atoms with E-state index in [1.54, 1.807) is 0 Å². The number of aryl methyl sites for hydroxylation is 1. The number of benzene rings is 2. The van der Waals surface area contributed by atoms with Crippen molar-refractivity contribution in [1.29, 1.82) is 0 Å². The van der Waals surface area contributed by atoms with Gasteiger partial charge in [-0.3, -0.25) is 0 Å². The summed E-state index contributed by atoms with van der Waals surface area (Å²) in [6.07, 6.45) is 0.903. The fourth-order valence-electron chi connectivity index (χ4n) is 2.30. The molecule has 0 fully saturated rings. The highest BCUT2D eigenvalue weighted by atomic mass is 16.5. The smallest absolute Gasteiger partial charge is 0.130 e. The molecule has 2 heteroatoms. The second-order valence-corrected chi connectivity index (χ2v) is 6.52. The number of rotatable bonds is 4. The fourth-order valence-corrected chi connectivity index (χ4v) is 2.30. The minimum absolute atomic E-state index is 0.124. The van der Waals surface area contributed by atoms with Crippen LogP contribution < -0.4 is 10.5 Å². The van der Waals surface area contributed by atoms with Crippen molar-refractivity contribution in [2.75, 3.05) is 6.54 Å². The van der Waals surface area contributed by atoms with Gasteiger partial charge >= 0.3 is 0 Å². The van der Waals surface area contributed by atoms with Crippen LogP contribution in [-0.4, -0.2) is 6.54 Å². The zero-order chi connectivity index (χ0) is 15.5. The van der Waals surface area contributed by atoms with Gasteiger partial charge in [0.15, 0.2) is 0 Å². The lowest BCUT2D eigenvalue weighted by molar-refractivity contribution is 0.475. The molecule has 0 aliphatic carbocycles. The number of hydrogen-bond donors (Lipinski definition) is 1. The number of ether oxygens (including phenoxy) is 1. The van der Waals surface area contributed by atoms with E-state index in [0.717, 1.165) is 23.5 Å².